The highest BCUT2D eigenvalue weighted by molar-refractivity contribution is 5.80. The molecule has 1 spiro atoms. The molecule has 1 unspecified atom stereocenters. The van der Waals surface area contributed by atoms with Gasteiger partial charge < -0.3 is 15.1 Å². The van der Waals surface area contributed by atoms with E-state index >= 15 is 0 Å². The molecule has 6 heteroatoms. The van der Waals surface area contributed by atoms with Gasteiger partial charge in [-0.25, -0.2) is 0 Å². The van der Waals surface area contributed by atoms with Crippen molar-refractivity contribution in [2.45, 2.75) is 24.5 Å². The average molecular weight is 301 g/mol. The van der Waals surface area contributed by atoms with Crippen LogP contribution in [0.1, 0.15) is 12.8 Å². The molecule has 0 bridgehead atoms. The maximum Gasteiger partial charge on any atom is 0.237 e. The zero-order valence-corrected chi connectivity index (χ0v) is 13.0. The summed E-state index contributed by atoms with van der Waals surface area (Å²) >= 11 is 0. The van der Waals surface area contributed by atoms with Crippen molar-refractivity contribution in [2.24, 2.45) is 0 Å². The van der Waals surface area contributed by atoms with Crippen LogP contribution in [0.25, 0.3) is 0 Å². The Morgan fingerprint density at radius 1 is 1.27 bits per heavy atom. The quantitative estimate of drug-likeness (QED) is 0.799. The number of pyridine rings is 1. The molecule has 0 aliphatic carbocycles. The molecule has 1 atom stereocenters. The Kier molecular flexibility index (Phi) is 3.31. The van der Waals surface area contributed by atoms with Crippen LogP contribution in [0.4, 0.5) is 5.69 Å². The predicted molar refractivity (Wildman–Crippen MR) is 84.5 cm³/mol. The van der Waals surface area contributed by atoms with E-state index in [-0.39, 0.29) is 17.6 Å². The van der Waals surface area contributed by atoms with Gasteiger partial charge in [-0.05, 0) is 32.0 Å². The predicted octanol–water partition coefficient (Wildman–Crippen LogP) is 0.124. The molecule has 1 amide bonds. The summed E-state index contributed by atoms with van der Waals surface area (Å²) in [4.78, 5) is 23.2. The Morgan fingerprint density at radius 2 is 2.00 bits per heavy atom. The van der Waals surface area contributed by atoms with Gasteiger partial charge in [0.05, 0.1) is 12.7 Å². The van der Waals surface area contributed by atoms with Gasteiger partial charge in [-0.15, -0.1) is 0 Å². The first kappa shape index (κ1) is 14.0. The monoisotopic (exact) mass is 301 g/mol. The minimum absolute atomic E-state index is 0.149. The van der Waals surface area contributed by atoms with E-state index in [0.717, 1.165) is 39.0 Å². The summed E-state index contributed by atoms with van der Waals surface area (Å²) in [7, 11) is 2.19. The Balaban J connectivity index is 1.49. The molecule has 3 saturated heterocycles. The number of carbonyl (C=O) groups is 1. The van der Waals surface area contributed by atoms with Crippen molar-refractivity contribution in [2.75, 3.05) is 44.7 Å². The number of carbonyl (C=O) groups excluding carboxylic acids is 1. The number of aromatic nitrogens is 1. The van der Waals surface area contributed by atoms with Crippen LogP contribution in [-0.2, 0) is 4.79 Å². The van der Waals surface area contributed by atoms with Crippen molar-refractivity contribution < 1.29 is 4.79 Å². The number of fused-ring (bicyclic) bond motifs is 1. The van der Waals surface area contributed by atoms with Gasteiger partial charge in [0.2, 0.25) is 5.91 Å². The largest absolute Gasteiger partial charge is 0.371 e. The molecule has 0 radical (unpaired) electrons. The summed E-state index contributed by atoms with van der Waals surface area (Å²) in [6.07, 6.45) is 6.14. The Morgan fingerprint density at radius 3 is 2.68 bits per heavy atom. The lowest BCUT2D eigenvalue weighted by atomic mass is 9.86. The van der Waals surface area contributed by atoms with Crippen molar-refractivity contribution in [3.8, 4) is 0 Å². The second kappa shape index (κ2) is 5.21. The Bertz CT molecular complexity index is 555. The zero-order valence-electron chi connectivity index (χ0n) is 13.0. The van der Waals surface area contributed by atoms with Crippen LogP contribution in [0.2, 0.25) is 0 Å². The highest BCUT2D eigenvalue weighted by Gasteiger charge is 2.51. The van der Waals surface area contributed by atoms with Crippen molar-refractivity contribution in [3.05, 3.63) is 24.5 Å². The highest BCUT2D eigenvalue weighted by Crippen LogP contribution is 2.38. The van der Waals surface area contributed by atoms with E-state index in [4.69, 9.17) is 0 Å². The summed E-state index contributed by atoms with van der Waals surface area (Å²) in [6.45, 7) is 4.34. The Labute approximate surface area is 131 Å². The van der Waals surface area contributed by atoms with Crippen molar-refractivity contribution in [3.63, 3.8) is 0 Å². The lowest BCUT2D eigenvalue weighted by Gasteiger charge is -2.44. The molecule has 4 heterocycles. The molecule has 0 aromatic carbocycles. The number of amides is 1. The molecule has 6 nitrogen and oxygen atoms in total. The van der Waals surface area contributed by atoms with E-state index in [2.05, 4.69) is 44.2 Å². The molecule has 1 aromatic rings. The second-order valence-corrected chi connectivity index (χ2v) is 6.66. The van der Waals surface area contributed by atoms with Gasteiger partial charge in [-0.3, -0.25) is 14.7 Å². The normalized spacial score (nSPS) is 28.2. The van der Waals surface area contributed by atoms with E-state index in [1.807, 2.05) is 12.4 Å². The SMILES string of the molecule is CN1C2CNCC(=O)N2CC12CCN(c1ccncc1)CC2. The third-order valence-electron chi connectivity index (χ3n) is 5.67. The molecule has 3 aliphatic rings. The highest BCUT2D eigenvalue weighted by atomic mass is 16.2. The van der Waals surface area contributed by atoms with Crippen LogP contribution in [0.15, 0.2) is 24.5 Å². The number of hydrogen-bond donors (Lipinski definition) is 1. The van der Waals surface area contributed by atoms with Crippen molar-refractivity contribution in [1.82, 2.24) is 20.1 Å². The topological polar surface area (TPSA) is 51.7 Å². The molecule has 4 rings (SSSR count). The first-order valence-electron chi connectivity index (χ1n) is 8.08. The third-order valence-corrected chi connectivity index (χ3v) is 5.67. The number of anilines is 1. The second-order valence-electron chi connectivity index (χ2n) is 6.66. The van der Waals surface area contributed by atoms with E-state index < -0.39 is 0 Å². The van der Waals surface area contributed by atoms with E-state index in [1.165, 1.54) is 5.69 Å². The van der Waals surface area contributed by atoms with E-state index in [1.54, 1.807) is 0 Å². The number of rotatable bonds is 1. The fourth-order valence-electron chi connectivity index (χ4n) is 4.22. The molecule has 1 N–H and O–H groups in total. The number of nitrogens with zero attached hydrogens (tertiary/aromatic N) is 4. The number of likely N-dealkylation sites (N-methyl/N-ethyl adjacent to an activating group) is 1. The molecule has 1 aromatic heterocycles. The number of hydrogen-bond acceptors (Lipinski definition) is 5. The molecule has 118 valence electrons. The van der Waals surface area contributed by atoms with Crippen LogP contribution >= 0.6 is 0 Å². The molecule has 0 saturated carbocycles. The molecular formula is C16H23N5O. The lowest BCUT2D eigenvalue weighted by molar-refractivity contribution is -0.134. The molecular weight excluding hydrogens is 278 g/mol. The van der Waals surface area contributed by atoms with Crippen LogP contribution in [-0.4, -0.2) is 72.2 Å². The smallest absolute Gasteiger partial charge is 0.237 e. The van der Waals surface area contributed by atoms with Gasteiger partial charge in [0, 0.05) is 49.8 Å². The summed E-state index contributed by atoms with van der Waals surface area (Å²) in [5, 5.41) is 3.24. The van der Waals surface area contributed by atoms with E-state index in [0.29, 0.717) is 6.54 Å². The van der Waals surface area contributed by atoms with Crippen LogP contribution in [0.5, 0.6) is 0 Å². The van der Waals surface area contributed by atoms with Gasteiger partial charge >= 0.3 is 0 Å². The lowest BCUT2D eigenvalue weighted by Crippen LogP contribution is -2.57. The molecule has 3 aliphatic heterocycles. The fourth-order valence-corrected chi connectivity index (χ4v) is 4.22. The maximum atomic E-state index is 12.2. The van der Waals surface area contributed by atoms with Gasteiger partial charge in [0.15, 0.2) is 0 Å². The third kappa shape index (κ3) is 2.09. The van der Waals surface area contributed by atoms with Gasteiger partial charge in [0.25, 0.3) is 0 Å². The number of nitrogens with one attached hydrogen (secondary N) is 1. The maximum absolute atomic E-state index is 12.2. The van der Waals surface area contributed by atoms with Crippen molar-refractivity contribution >= 4 is 11.6 Å². The van der Waals surface area contributed by atoms with Crippen LogP contribution < -0.4 is 10.2 Å². The van der Waals surface area contributed by atoms with Gasteiger partial charge in [-0.2, -0.15) is 0 Å². The first-order chi connectivity index (χ1) is 10.7. The minimum atomic E-state index is 0.149. The average Bonchev–Trinajstić information content (AvgIpc) is 2.84. The van der Waals surface area contributed by atoms with Crippen LogP contribution in [0.3, 0.4) is 0 Å². The summed E-state index contributed by atoms with van der Waals surface area (Å²) in [6, 6.07) is 4.15. The fraction of sp³-hybridized carbons (Fsp3) is 0.625. The molecule has 3 fully saturated rings. The first-order valence-corrected chi connectivity index (χ1v) is 8.08. The summed E-state index contributed by atoms with van der Waals surface area (Å²) < 4.78 is 0. The van der Waals surface area contributed by atoms with Crippen LogP contribution in [0, 0.1) is 0 Å². The standard InChI is InChI=1S/C16H23N5O/c1-19-14-10-18-11-15(22)21(14)12-16(19)4-8-20(9-5-16)13-2-6-17-7-3-13/h2-3,6-7,14,18H,4-5,8-12H2,1H3. The van der Waals surface area contributed by atoms with Gasteiger partial charge in [0.1, 0.15) is 0 Å². The molecule has 22 heavy (non-hydrogen) atoms. The number of piperidine rings is 1. The van der Waals surface area contributed by atoms with E-state index in [9.17, 15) is 4.79 Å². The number of piperazine rings is 1. The zero-order chi connectivity index (χ0) is 15.2. The summed E-state index contributed by atoms with van der Waals surface area (Å²) in [5.41, 5.74) is 1.40. The summed E-state index contributed by atoms with van der Waals surface area (Å²) in [5.74, 6) is 0.247. The minimum Gasteiger partial charge on any atom is -0.371 e. The Hall–Kier alpha value is -1.66. The van der Waals surface area contributed by atoms with Gasteiger partial charge in [-0.1, -0.05) is 0 Å². The van der Waals surface area contributed by atoms with Crippen molar-refractivity contribution in [1.29, 1.82) is 0 Å².